The average molecular weight is 253 g/mol. The normalized spacial score (nSPS) is 11.3. The Bertz CT molecular complexity index is 380. The Morgan fingerprint density at radius 2 is 2.11 bits per heavy atom. The van der Waals surface area contributed by atoms with Crippen LogP contribution in [0.3, 0.4) is 0 Å². The lowest BCUT2D eigenvalue weighted by Gasteiger charge is -2.19. The molecule has 18 heavy (non-hydrogen) atoms. The lowest BCUT2D eigenvalue weighted by molar-refractivity contribution is 0.0528. The number of hydrogen-bond acceptors (Lipinski definition) is 3. The van der Waals surface area contributed by atoms with Crippen LogP contribution in [0.4, 0.5) is 4.79 Å². The molecule has 1 heterocycles. The van der Waals surface area contributed by atoms with E-state index in [1.165, 1.54) is 5.56 Å². The van der Waals surface area contributed by atoms with E-state index in [1.807, 2.05) is 38.6 Å². The second kappa shape index (κ2) is 6.44. The molecular formula is C13H23N3O2. The molecule has 0 saturated heterocycles. The van der Waals surface area contributed by atoms with Gasteiger partial charge in [-0.2, -0.15) is 0 Å². The van der Waals surface area contributed by atoms with E-state index in [9.17, 15) is 4.79 Å². The summed E-state index contributed by atoms with van der Waals surface area (Å²) in [6, 6.07) is 2.06. The monoisotopic (exact) mass is 253 g/mol. The van der Waals surface area contributed by atoms with Gasteiger partial charge in [0.25, 0.3) is 0 Å². The van der Waals surface area contributed by atoms with Crippen molar-refractivity contribution in [1.29, 1.82) is 0 Å². The number of nitrogens with one attached hydrogen (secondary N) is 2. The van der Waals surface area contributed by atoms with E-state index in [2.05, 4.69) is 22.9 Å². The van der Waals surface area contributed by atoms with Gasteiger partial charge in [-0.15, -0.1) is 0 Å². The molecule has 1 aromatic heterocycles. The number of aromatic nitrogens is 1. The number of alkyl carbamates (subject to hydrolysis) is 1. The number of amides is 1. The summed E-state index contributed by atoms with van der Waals surface area (Å²) in [6.07, 6.45) is 3.70. The molecule has 1 aromatic rings. The van der Waals surface area contributed by atoms with E-state index in [-0.39, 0.29) is 6.09 Å². The standard InChI is InChI=1S/C13H23N3O2/c1-13(2,3)18-12(17)15-7-6-14-9-11-5-8-16(4)10-11/h5,8,10,14H,6-7,9H2,1-4H3,(H,15,17). The molecule has 0 aliphatic heterocycles. The zero-order valence-electron chi connectivity index (χ0n) is 11.6. The van der Waals surface area contributed by atoms with E-state index in [4.69, 9.17) is 4.74 Å². The number of carbonyl (C=O) groups is 1. The average Bonchev–Trinajstić information content (AvgIpc) is 2.61. The smallest absolute Gasteiger partial charge is 0.407 e. The Labute approximate surface area is 109 Å². The van der Waals surface area contributed by atoms with Crippen LogP contribution in [0.2, 0.25) is 0 Å². The minimum atomic E-state index is -0.443. The van der Waals surface area contributed by atoms with Crippen molar-refractivity contribution in [2.24, 2.45) is 7.05 Å². The highest BCUT2D eigenvalue weighted by Crippen LogP contribution is 2.06. The maximum atomic E-state index is 11.3. The van der Waals surface area contributed by atoms with Crippen LogP contribution in [0.15, 0.2) is 18.5 Å². The summed E-state index contributed by atoms with van der Waals surface area (Å²) in [5.74, 6) is 0. The summed E-state index contributed by atoms with van der Waals surface area (Å²) in [4.78, 5) is 11.3. The molecule has 1 rings (SSSR count). The minimum absolute atomic E-state index is 0.371. The molecule has 0 saturated carbocycles. The van der Waals surface area contributed by atoms with Gasteiger partial charge in [-0.3, -0.25) is 0 Å². The van der Waals surface area contributed by atoms with Crippen LogP contribution < -0.4 is 10.6 Å². The fourth-order valence-corrected chi connectivity index (χ4v) is 1.47. The molecule has 0 radical (unpaired) electrons. The van der Waals surface area contributed by atoms with Crippen LogP contribution in [-0.4, -0.2) is 29.4 Å². The van der Waals surface area contributed by atoms with Gasteiger partial charge in [-0.05, 0) is 32.4 Å². The Kier molecular flexibility index (Phi) is 5.22. The summed E-state index contributed by atoms with van der Waals surface area (Å²) in [6.45, 7) is 7.62. The Morgan fingerprint density at radius 1 is 1.39 bits per heavy atom. The highest BCUT2D eigenvalue weighted by molar-refractivity contribution is 5.67. The molecule has 0 fully saturated rings. The van der Waals surface area contributed by atoms with Crippen LogP contribution in [-0.2, 0) is 18.3 Å². The van der Waals surface area contributed by atoms with Crippen LogP contribution in [0.25, 0.3) is 0 Å². The molecule has 0 spiro atoms. The number of hydrogen-bond donors (Lipinski definition) is 2. The van der Waals surface area contributed by atoms with Crippen molar-refractivity contribution in [3.63, 3.8) is 0 Å². The van der Waals surface area contributed by atoms with Gasteiger partial charge in [0.05, 0.1) is 0 Å². The van der Waals surface area contributed by atoms with Gasteiger partial charge >= 0.3 is 6.09 Å². The van der Waals surface area contributed by atoms with E-state index >= 15 is 0 Å². The summed E-state index contributed by atoms with van der Waals surface area (Å²) in [5.41, 5.74) is 0.788. The van der Waals surface area contributed by atoms with Crippen molar-refractivity contribution in [3.05, 3.63) is 24.0 Å². The predicted molar refractivity (Wildman–Crippen MR) is 71.4 cm³/mol. The molecular weight excluding hydrogens is 230 g/mol. The lowest BCUT2D eigenvalue weighted by Crippen LogP contribution is -2.36. The first-order chi connectivity index (χ1) is 8.37. The van der Waals surface area contributed by atoms with Gasteiger partial charge in [0.1, 0.15) is 5.60 Å². The highest BCUT2D eigenvalue weighted by Gasteiger charge is 2.15. The second-order valence-electron chi connectivity index (χ2n) is 5.29. The molecule has 0 aliphatic carbocycles. The third kappa shape index (κ3) is 6.30. The van der Waals surface area contributed by atoms with Crippen molar-refractivity contribution in [1.82, 2.24) is 15.2 Å². The Hall–Kier alpha value is -1.49. The largest absolute Gasteiger partial charge is 0.444 e. The topological polar surface area (TPSA) is 55.3 Å². The first-order valence-corrected chi connectivity index (χ1v) is 6.15. The van der Waals surface area contributed by atoms with Crippen molar-refractivity contribution in [2.75, 3.05) is 13.1 Å². The maximum absolute atomic E-state index is 11.3. The zero-order valence-corrected chi connectivity index (χ0v) is 11.6. The fraction of sp³-hybridized carbons (Fsp3) is 0.615. The molecule has 0 aromatic carbocycles. The molecule has 5 heteroatoms. The highest BCUT2D eigenvalue weighted by atomic mass is 16.6. The molecule has 1 amide bonds. The molecule has 2 N–H and O–H groups in total. The Morgan fingerprint density at radius 3 is 2.67 bits per heavy atom. The van der Waals surface area contributed by atoms with Crippen molar-refractivity contribution < 1.29 is 9.53 Å². The summed E-state index contributed by atoms with van der Waals surface area (Å²) >= 11 is 0. The minimum Gasteiger partial charge on any atom is -0.444 e. The number of aryl methyl sites for hydroxylation is 1. The summed E-state index contributed by atoms with van der Waals surface area (Å²) in [5, 5.41) is 5.95. The van der Waals surface area contributed by atoms with Gasteiger partial charge < -0.3 is 19.9 Å². The quantitative estimate of drug-likeness (QED) is 0.784. The molecule has 5 nitrogen and oxygen atoms in total. The predicted octanol–water partition coefficient (Wildman–Crippen LogP) is 1.64. The third-order valence-corrected chi connectivity index (χ3v) is 2.19. The van der Waals surface area contributed by atoms with Crippen molar-refractivity contribution in [3.8, 4) is 0 Å². The first-order valence-electron chi connectivity index (χ1n) is 6.15. The van der Waals surface area contributed by atoms with Gasteiger partial charge in [-0.25, -0.2) is 4.79 Å². The lowest BCUT2D eigenvalue weighted by atomic mass is 10.2. The van der Waals surface area contributed by atoms with E-state index in [0.29, 0.717) is 13.1 Å². The molecule has 0 unspecified atom stereocenters. The van der Waals surface area contributed by atoms with Gasteiger partial charge in [0, 0.05) is 39.1 Å². The van der Waals surface area contributed by atoms with E-state index in [0.717, 1.165) is 6.54 Å². The van der Waals surface area contributed by atoms with Crippen LogP contribution in [0.5, 0.6) is 0 Å². The Balaban J connectivity index is 2.07. The van der Waals surface area contributed by atoms with Crippen molar-refractivity contribution in [2.45, 2.75) is 32.9 Å². The molecule has 0 atom stereocenters. The van der Waals surface area contributed by atoms with Crippen molar-refractivity contribution >= 4 is 6.09 Å². The zero-order chi connectivity index (χ0) is 13.6. The maximum Gasteiger partial charge on any atom is 0.407 e. The number of nitrogens with zero attached hydrogens (tertiary/aromatic N) is 1. The number of rotatable bonds is 5. The van der Waals surface area contributed by atoms with Gasteiger partial charge in [0.15, 0.2) is 0 Å². The van der Waals surface area contributed by atoms with Crippen LogP contribution >= 0.6 is 0 Å². The van der Waals surface area contributed by atoms with Crippen LogP contribution in [0, 0.1) is 0 Å². The molecule has 0 aliphatic rings. The summed E-state index contributed by atoms with van der Waals surface area (Å²) in [7, 11) is 1.99. The van der Waals surface area contributed by atoms with Crippen LogP contribution in [0.1, 0.15) is 26.3 Å². The molecule has 102 valence electrons. The second-order valence-corrected chi connectivity index (χ2v) is 5.29. The third-order valence-electron chi connectivity index (χ3n) is 2.19. The fourth-order valence-electron chi connectivity index (χ4n) is 1.47. The van der Waals surface area contributed by atoms with E-state index in [1.54, 1.807) is 0 Å². The van der Waals surface area contributed by atoms with Gasteiger partial charge in [-0.1, -0.05) is 0 Å². The first kappa shape index (κ1) is 14.6. The number of carbonyl (C=O) groups excluding carboxylic acids is 1. The SMILES string of the molecule is Cn1ccc(CNCCNC(=O)OC(C)(C)C)c1. The molecule has 0 bridgehead atoms. The van der Waals surface area contributed by atoms with Gasteiger partial charge in [0.2, 0.25) is 0 Å². The number of ether oxygens (including phenoxy) is 1. The summed E-state index contributed by atoms with van der Waals surface area (Å²) < 4.78 is 7.13. The van der Waals surface area contributed by atoms with E-state index < -0.39 is 5.60 Å².